The van der Waals surface area contributed by atoms with Crippen LogP contribution in [-0.4, -0.2) is 50.0 Å². The Morgan fingerprint density at radius 1 is 0.975 bits per heavy atom. The van der Waals surface area contributed by atoms with Gasteiger partial charge in [-0.05, 0) is 61.2 Å². The van der Waals surface area contributed by atoms with Gasteiger partial charge in [-0.1, -0.05) is 78.7 Å². The van der Waals surface area contributed by atoms with E-state index >= 15 is 0 Å². The lowest BCUT2D eigenvalue weighted by Crippen LogP contribution is -2.54. The van der Waals surface area contributed by atoms with Crippen molar-refractivity contribution in [1.82, 2.24) is 10.2 Å². The number of hydrogen-bond acceptors (Lipinski definition) is 4. The van der Waals surface area contributed by atoms with E-state index in [0.717, 1.165) is 16.1 Å². The fraction of sp³-hybridized carbons (Fsp3) is 0.333. The number of aryl methyl sites for hydroxylation is 1. The number of hydrogen-bond donors (Lipinski definition) is 1. The zero-order valence-corrected chi connectivity index (χ0v) is 25.4. The zero-order chi connectivity index (χ0) is 29.4. The van der Waals surface area contributed by atoms with Crippen LogP contribution in [0.1, 0.15) is 37.0 Å². The van der Waals surface area contributed by atoms with Gasteiger partial charge in [0.05, 0.1) is 11.9 Å². The summed E-state index contributed by atoms with van der Waals surface area (Å²) in [6, 6.07) is 20.2. The smallest absolute Gasteiger partial charge is 0.244 e. The molecule has 0 aliphatic heterocycles. The lowest BCUT2D eigenvalue weighted by Gasteiger charge is -2.34. The van der Waals surface area contributed by atoms with Gasteiger partial charge in [0.15, 0.2) is 0 Å². The normalized spacial score (nSPS) is 12.8. The molecule has 0 aromatic heterocycles. The second-order valence-electron chi connectivity index (χ2n) is 9.84. The molecule has 3 aromatic carbocycles. The van der Waals surface area contributed by atoms with Crippen LogP contribution in [0.2, 0.25) is 10.0 Å². The van der Waals surface area contributed by atoms with Crippen molar-refractivity contribution in [2.75, 3.05) is 17.1 Å². The van der Waals surface area contributed by atoms with E-state index in [2.05, 4.69) is 5.32 Å². The van der Waals surface area contributed by atoms with Crippen LogP contribution in [0.5, 0.6) is 0 Å². The SMILES string of the molecule is CC[C@@H](C)NC(=O)[C@@H](Cc1ccccc1)N(Cc1ccccc1Cl)C(=O)CN(c1ccc(Cl)cc1C)S(C)(=O)=O. The van der Waals surface area contributed by atoms with E-state index in [1.54, 1.807) is 49.4 Å². The molecule has 0 bridgehead atoms. The Morgan fingerprint density at radius 3 is 2.23 bits per heavy atom. The van der Waals surface area contributed by atoms with Gasteiger partial charge in [0.1, 0.15) is 12.6 Å². The van der Waals surface area contributed by atoms with Crippen molar-refractivity contribution in [2.45, 2.75) is 52.2 Å². The molecule has 0 unspecified atom stereocenters. The molecule has 0 saturated heterocycles. The first-order valence-electron chi connectivity index (χ1n) is 13.0. The molecule has 1 N–H and O–H groups in total. The number of anilines is 1. The maximum Gasteiger partial charge on any atom is 0.244 e. The molecule has 0 saturated carbocycles. The molecule has 40 heavy (non-hydrogen) atoms. The molecule has 2 atom stereocenters. The topological polar surface area (TPSA) is 86.8 Å². The molecular formula is C30H35Cl2N3O4S. The highest BCUT2D eigenvalue weighted by molar-refractivity contribution is 7.92. The summed E-state index contributed by atoms with van der Waals surface area (Å²) in [7, 11) is -3.87. The summed E-state index contributed by atoms with van der Waals surface area (Å²) >= 11 is 12.6. The van der Waals surface area contributed by atoms with E-state index in [1.807, 2.05) is 44.2 Å². The van der Waals surface area contributed by atoms with Crippen LogP contribution in [0.3, 0.4) is 0 Å². The minimum absolute atomic E-state index is 0.0150. The van der Waals surface area contributed by atoms with Gasteiger partial charge in [0.25, 0.3) is 0 Å². The van der Waals surface area contributed by atoms with Crippen LogP contribution in [0.4, 0.5) is 5.69 Å². The number of amides is 2. The molecule has 10 heteroatoms. The van der Waals surface area contributed by atoms with E-state index in [4.69, 9.17) is 23.2 Å². The second-order valence-corrected chi connectivity index (χ2v) is 12.6. The molecule has 214 valence electrons. The third-order valence-corrected chi connectivity index (χ3v) is 8.41. The first-order chi connectivity index (χ1) is 18.9. The van der Waals surface area contributed by atoms with Gasteiger partial charge in [-0.3, -0.25) is 13.9 Å². The molecule has 0 spiro atoms. The first-order valence-corrected chi connectivity index (χ1v) is 15.6. The van der Waals surface area contributed by atoms with E-state index in [-0.39, 0.29) is 24.9 Å². The van der Waals surface area contributed by atoms with Crippen molar-refractivity contribution >= 4 is 50.7 Å². The van der Waals surface area contributed by atoms with Crippen LogP contribution in [0.25, 0.3) is 0 Å². The number of halogens is 2. The molecule has 2 amide bonds. The van der Waals surface area contributed by atoms with Crippen LogP contribution >= 0.6 is 23.2 Å². The number of carbonyl (C=O) groups excluding carboxylic acids is 2. The predicted octanol–water partition coefficient (Wildman–Crippen LogP) is 5.62. The van der Waals surface area contributed by atoms with Gasteiger partial charge in [-0.25, -0.2) is 8.42 Å². The number of sulfonamides is 1. The van der Waals surface area contributed by atoms with E-state index in [0.29, 0.717) is 33.3 Å². The van der Waals surface area contributed by atoms with Crippen molar-refractivity contribution in [1.29, 1.82) is 0 Å². The number of nitrogens with one attached hydrogen (secondary N) is 1. The highest BCUT2D eigenvalue weighted by Crippen LogP contribution is 2.27. The largest absolute Gasteiger partial charge is 0.352 e. The third kappa shape index (κ3) is 8.46. The Hall–Kier alpha value is -3.07. The predicted molar refractivity (Wildman–Crippen MR) is 162 cm³/mol. The maximum atomic E-state index is 14.1. The first kappa shape index (κ1) is 31.5. The minimum Gasteiger partial charge on any atom is -0.352 e. The average Bonchev–Trinajstić information content (AvgIpc) is 2.90. The maximum absolute atomic E-state index is 14.1. The Morgan fingerprint density at radius 2 is 1.62 bits per heavy atom. The van der Waals surface area contributed by atoms with Crippen molar-refractivity contribution < 1.29 is 18.0 Å². The highest BCUT2D eigenvalue weighted by Gasteiger charge is 2.34. The van der Waals surface area contributed by atoms with Gasteiger partial charge < -0.3 is 10.2 Å². The third-order valence-electron chi connectivity index (χ3n) is 6.68. The zero-order valence-electron chi connectivity index (χ0n) is 23.1. The second kappa shape index (κ2) is 14.0. The minimum atomic E-state index is -3.87. The lowest BCUT2D eigenvalue weighted by molar-refractivity contribution is -0.140. The van der Waals surface area contributed by atoms with Crippen molar-refractivity contribution in [3.8, 4) is 0 Å². The summed E-state index contributed by atoms with van der Waals surface area (Å²) in [5, 5.41) is 3.89. The van der Waals surface area contributed by atoms with Crippen LogP contribution in [0.15, 0.2) is 72.8 Å². The molecule has 0 radical (unpaired) electrons. The van der Waals surface area contributed by atoms with Crippen LogP contribution in [0, 0.1) is 6.92 Å². The number of carbonyl (C=O) groups is 2. The molecular weight excluding hydrogens is 569 g/mol. The van der Waals surface area contributed by atoms with Gasteiger partial charge in [0, 0.05) is 29.1 Å². The summed E-state index contributed by atoms with van der Waals surface area (Å²) in [6.07, 6.45) is 1.99. The molecule has 7 nitrogen and oxygen atoms in total. The standard InChI is InChI=1S/C30H35Cl2N3O4S/c1-5-22(3)33-30(37)28(18-23-11-7-6-8-12-23)34(19-24-13-9-10-14-26(24)32)29(36)20-35(40(4,38)39)27-16-15-25(31)17-21(27)2/h6-17,22,28H,5,18-20H2,1-4H3,(H,33,37)/t22-,28-/m1/s1. The fourth-order valence-electron chi connectivity index (χ4n) is 4.30. The molecule has 0 fully saturated rings. The van der Waals surface area contributed by atoms with Gasteiger partial charge in [-0.2, -0.15) is 0 Å². The van der Waals surface area contributed by atoms with Crippen molar-refractivity contribution in [3.63, 3.8) is 0 Å². The van der Waals surface area contributed by atoms with Gasteiger partial charge in [0.2, 0.25) is 21.8 Å². The summed E-state index contributed by atoms with van der Waals surface area (Å²) in [6.45, 7) is 5.09. The summed E-state index contributed by atoms with van der Waals surface area (Å²) in [4.78, 5) is 29.3. The Kier molecular flexibility index (Phi) is 11.0. The Balaban J connectivity index is 2.09. The lowest BCUT2D eigenvalue weighted by atomic mass is 10.0. The number of nitrogens with zero attached hydrogens (tertiary/aromatic N) is 2. The molecule has 0 aliphatic rings. The summed E-state index contributed by atoms with van der Waals surface area (Å²) in [5.41, 5.74) is 2.43. The summed E-state index contributed by atoms with van der Waals surface area (Å²) in [5.74, 6) is -0.868. The monoisotopic (exact) mass is 603 g/mol. The number of benzene rings is 3. The average molecular weight is 605 g/mol. The van der Waals surface area contributed by atoms with Crippen LogP contribution < -0.4 is 9.62 Å². The van der Waals surface area contributed by atoms with E-state index < -0.39 is 28.5 Å². The summed E-state index contributed by atoms with van der Waals surface area (Å²) < 4.78 is 26.9. The molecule has 3 rings (SSSR count). The number of rotatable bonds is 12. The highest BCUT2D eigenvalue weighted by atomic mass is 35.5. The fourth-order valence-corrected chi connectivity index (χ4v) is 5.63. The van der Waals surface area contributed by atoms with Gasteiger partial charge >= 0.3 is 0 Å². The van der Waals surface area contributed by atoms with Crippen molar-refractivity contribution in [3.05, 3.63) is 99.5 Å². The van der Waals surface area contributed by atoms with Gasteiger partial charge in [-0.15, -0.1) is 0 Å². The Bertz CT molecular complexity index is 1430. The van der Waals surface area contributed by atoms with E-state index in [1.165, 1.54) is 4.90 Å². The van der Waals surface area contributed by atoms with E-state index in [9.17, 15) is 18.0 Å². The molecule has 3 aromatic rings. The molecule has 0 aliphatic carbocycles. The van der Waals surface area contributed by atoms with Crippen LogP contribution in [-0.2, 0) is 32.6 Å². The quantitative estimate of drug-likeness (QED) is 0.291. The van der Waals surface area contributed by atoms with Crippen molar-refractivity contribution in [2.24, 2.45) is 0 Å². The molecule has 0 heterocycles. The Labute approximate surface area is 247 Å².